The van der Waals surface area contributed by atoms with Gasteiger partial charge in [0.2, 0.25) is 0 Å². The summed E-state index contributed by atoms with van der Waals surface area (Å²) in [6.45, 7) is 4.26. The number of aryl methyl sites for hydroxylation is 2. The van der Waals surface area contributed by atoms with Gasteiger partial charge >= 0.3 is 0 Å². The summed E-state index contributed by atoms with van der Waals surface area (Å²) < 4.78 is 5.09. The van der Waals surface area contributed by atoms with Crippen molar-refractivity contribution in [3.05, 3.63) is 23.0 Å². The second kappa shape index (κ2) is 5.79. The van der Waals surface area contributed by atoms with E-state index in [0.29, 0.717) is 41.0 Å². The molecule has 1 amide bonds. The molecule has 6 heteroatoms. The first-order chi connectivity index (χ1) is 9.13. The van der Waals surface area contributed by atoms with Crippen molar-refractivity contribution in [2.24, 2.45) is 0 Å². The van der Waals surface area contributed by atoms with Crippen LogP contribution in [0.4, 0.5) is 0 Å². The molecule has 0 radical (unpaired) electrons. The number of rotatable bonds is 5. The summed E-state index contributed by atoms with van der Waals surface area (Å²) in [4.78, 5) is 16.4. The standard InChI is InChI=1S/C13H17N3O3/c1-8-7-10(12(18)14-5-3-4-6-17)11-9(2)16-19-13(11)15-8/h7,17H,3-6H2,1-2H3,(H,14,18). The van der Waals surface area contributed by atoms with Gasteiger partial charge in [-0.05, 0) is 32.8 Å². The van der Waals surface area contributed by atoms with E-state index < -0.39 is 0 Å². The van der Waals surface area contributed by atoms with E-state index in [0.717, 1.165) is 6.42 Å². The Bertz CT molecular complexity index is 592. The highest BCUT2D eigenvalue weighted by atomic mass is 16.5. The number of nitrogens with zero attached hydrogens (tertiary/aromatic N) is 2. The highest BCUT2D eigenvalue weighted by Crippen LogP contribution is 2.21. The van der Waals surface area contributed by atoms with E-state index in [4.69, 9.17) is 9.63 Å². The Kier molecular flexibility index (Phi) is 4.11. The first-order valence-corrected chi connectivity index (χ1v) is 6.26. The largest absolute Gasteiger partial charge is 0.396 e. The molecule has 2 aromatic rings. The van der Waals surface area contributed by atoms with E-state index in [1.807, 2.05) is 0 Å². The van der Waals surface area contributed by atoms with Crippen molar-refractivity contribution < 1.29 is 14.4 Å². The van der Waals surface area contributed by atoms with Crippen LogP contribution in [-0.2, 0) is 0 Å². The molecule has 19 heavy (non-hydrogen) atoms. The zero-order valence-corrected chi connectivity index (χ0v) is 11.1. The van der Waals surface area contributed by atoms with E-state index in [1.54, 1.807) is 19.9 Å². The lowest BCUT2D eigenvalue weighted by molar-refractivity contribution is 0.0953. The van der Waals surface area contributed by atoms with Gasteiger partial charge in [0.15, 0.2) is 0 Å². The number of carbonyl (C=O) groups excluding carboxylic acids is 1. The van der Waals surface area contributed by atoms with Crippen LogP contribution in [0.25, 0.3) is 11.1 Å². The number of unbranched alkanes of at least 4 members (excludes halogenated alkanes) is 1. The predicted octanol–water partition coefficient (Wildman–Crippen LogP) is 1.34. The molecule has 2 heterocycles. The van der Waals surface area contributed by atoms with Gasteiger partial charge in [0.1, 0.15) is 0 Å². The van der Waals surface area contributed by atoms with Crippen LogP contribution < -0.4 is 5.32 Å². The van der Waals surface area contributed by atoms with Gasteiger partial charge in [-0.1, -0.05) is 5.16 Å². The number of nitrogens with one attached hydrogen (secondary N) is 1. The smallest absolute Gasteiger partial charge is 0.258 e. The third kappa shape index (κ3) is 2.90. The maximum Gasteiger partial charge on any atom is 0.258 e. The van der Waals surface area contributed by atoms with E-state index in [1.165, 1.54) is 0 Å². The van der Waals surface area contributed by atoms with Gasteiger partial charge in [-0.25, -0.2) is 4.98 Å². The fraction of sp³-hybridized carbons (Fsp3) is 0.462. The van der Waals surface area contributed by atoms with Crippen molar-refractivity contribution in [1.82, 2.24) is 15.5 Å². The molecule has 0 aliphatic heterocycles. The van der Waals surface area contributed by atoms with Gasteiger partial charge in [0, 0.05) is 18.8 Å². The van der Waals surface area contributed by atoms with Crippen molar-refractivity contribution in [2.45, 2.75) is 26.7 Å². The van der Waals surface area contributed by atoms with Crippen LogP contribution in [0, 0.1) is 13.8 Å². The van der Waals surface area contributed by atoms with Gasteiger partial charge in [0.05, 0.1) is 16.6 Å². The monoisotopic (exact) mass is 263 g/mol. The Balaban J connectivity index is 2.23. The lowest BCUT2D eigenvalue weighted by Crippen LogP contribution is -2.25. The SMILES string of the molecule is Cc1cc(C(=O)NCCCCO)c2c(C)noc2n1. The zero-order valence-electron chi connectivity index (χ0n) is 11.1. The van der Waals surface area contributed by atoms with Gasteiger partial charge in [-0.3, -0.25) is 4.79 Å². The Hall–Kier alpha value is -1.95. The quantitative estimate of drug-likeness (QED) is 0.795. The van der Waals surface area contributed by atoms with Crippen molar-refractivity contribution in [3.63, 3.8) is 0 Å². The Morgan fingerprint density at radius 2 is 2.21 bits per heavy atom. The molecule has 0 bridgehead atoms. The summed E-state index contributed by atoms with van der Waals surface area (Å²) in [6, 6.07) is 1.73. The number of fused-ring (bicyclic) bond motifs is 1. The minimum Gasteiger partial charge on any atom is -0.396 e. The number of hydrogen-bond acceptors (Lipinski definition) is 5. The second-order valence-corrected chi connectivity index (χ2v) is 4.45. The Morgan fingerprint density at radius 1 is 1.42 bits per heavy atom. The molecule has 102 valence electrons. The minimum atomic E-state index is -0.167. The van der Waals surface area contributed by atoms with Gasteiger partial charge in [0.25, 0.3) is 11.6 Å². The number of aliphatic hydroxyl groups is 1. The van der Waals surface area contributed by atoms with Crippen molar-refractivity contribution in [3.8, 4) is 0 Å². The van der Waals surface area contributed by atoms with Crippen LogP contribution in [-0.4, -0.2) is 34.3 Å². The molecule has 2 aromatic heterocycles. The summed E-state index contributed by atoms with van der Waals surface area (Å²) in [5.41, 5.74) is 2.29. The third-order valence-electron chi connectivity index (χ3n) is 2.86. The summed E-state index contributed by atoms with van der Waals surface area (Å²) >= 11 is 0. The molecule has 0 saturated heterocycles. The number of pyridine rings is 1. The molecule has 0 aromatic carbocycles. The average Bonchev–Trinajstić information content (AvgIpc) is 2.75. The molecule has 0 aliphatic carbocycles. The molecule has 0 unspecified atom stereocenters. The first kappa shape index (κ1) is 13.5. The van der Waals surface area contributed by atoms with Crippen LogP contribution >= 0.6 is 0 Å². The van der Waals surface area contributed by atoms with Crippen LogP contribution in [0.2, 0.25) is 0 Å². The van der Waals surface area contributed by atoms with E-state index >= 15 is 0 Å². The summed E-state index contributed by atoms with van der Waals surface area (Å²) in [5, 5.41) is 16.0. The number of aromatic nitrogens is 2. The van der Waals surface area contributed by atoms with Gasteiger partial charge < -0.3 is 14.9 Å². The van der Waals surface area contributed by atoms with Crippen LogP contribution in [0.3, 0.4) is 0 Å². The Labute approximate surface area is 110 Å². The first-order valence-electron chi connectivity index (χ1n) is 6.26. The molecule has 2 rings (SSSR count). The van der Waals surface area contributed by atoms with Gasteiger partial charge in [-0.2, -0.15) is 0 Å². The molecule has 0 fully saturated rings. The lowest BCUT2D eigenvalue weighted by atomic mass is 10.1. The van der Waals surface area contributed by atoms with Crippen LogP contribution in [0.1, 0.15) is 34.6 Å². The topological polar surface area (TPSA) is 88.2 Å². The molecule has 2 N–H and O–H groups in total. The van der Waals surface area contributed by atoms with Crippen molar-refractivity contribution in [1.29, 1.82) is 0 Å². The number of aliphatic hydroxyl groups excluding tert-OH is 1. The molecule has 0 spiro atoms. The molecular formula is C13H17N3O3. The summed E-state index contributed by atoms with van der Waals surface area (Å²) in [6.07, 6.45) is 1.43. The minimum absolute atomic E-state index is 0.138. The second-order valence-electron chi connectivity index (χ2n) is 4.45. The van der Waals surface area contributed by atoms with Crippen molar-refractivity contribution >= 4 is 17.0 Å². The fourth-order valence-corrected chi connectivity index (χ4v) is 1.93. The number of carbonyl (C=O) groups is 1. The van der Waals surface area contributed by atoms with E-state index in [2.05, 4.69) is 15.5 Å². The van der Waals surface area contributed by atoms with Gasteiger partial charge in [-0.15, -0.1) is 0 Å². The summed E-state index contributed by atoms with van der Waals surface area (Å²) in [5.74, 6) is -0.167. The molecular weight excluding hydrogens is 246 g/mol. The molecule has 0 aliphatic rings. The molecule has 0 saturated carbocycles. The lowest BCUT2D eigenvalue weighted by Gasteiger charge is -2.06. The Morgan fingerprint density at radius 3 is 2.95 bits per heavy atom. The average molecular weight is 263 g/mol. The number of hydrogen-bond donors (Lipinski definition) is 2. The van der Waals surface area contributed by atoms with E-state index in [9.17, 15) is 4.79 Å². The summed E-state index contributed by atoms with van der Waals surface area (Å²) in [7, 11) is 0. The normalized spacial score (nSPS) is 10.9. The maximum absolute atomic E-state index is 12.2. The van der Waals surface area contributed by atoms with Crippen molar-refractivity contribution in [2.75, 3.05) is 13.2 Å². The van der Waals surface area contributed by atoms with E-state index in [-0.39, 0.29) is 12.5 Å². The fourth-order valence-electron chi connectivity index (χ4n) is 1.93. The van der Waals surface area contributed by atoms with Crippen LogP contribution in [0.15, 0.2) is 10.6 Å². The maximum atomic E-state index is 12.2. The highest BCUT2D eigenvalue weighted by molar-refractivity contribution is 6.05. The number of amides is 1. The van der Waals surface area contributed by atoms with Crippen LogP contribution in [0.5, 0.6) is 0 Å². The molecule has 6 nitrogen and oxygen atoms in total. The third-order valence-corrected chi connectivity index (χ3v) is 2.86. The zero-order chi connectivity index (χ0) is 13.8. The highest BCUT2D eigenvalue weighted by Gasteiger charge is 2.17. The molecule has 0 atom stereocenters. The predicted molar refractivity (Wildman–Crippen MR) is 69.9 cm³/mol.